The molecular weight excluding hydrogens is 344 g/mol. The van der Waals surface area contributed by atoms with Crippen LogP contribution in [0.3, 0.4) is 0 Å². The number of aromatic nitrogens is 1. The molecule has 5 heteroatoms. The Morgan fingerprint density at radius 3 is 2.38 bits per heavy atom. The Bertz CT molecular complexity index is 1020. The van der Waals surface area contributed by atoms with Crippen LogP contribution in [0.2, 0.25) is 0 Å². The standard InChI is InChI=1S/C21H22N2O2S/c1-16-7-9-19(10-8-16)26(24,25)23-14-11-17(12-15-23)20-6-2-4-18-5-3-13-22-21(18)20/h2-10,13,17H,11-12,14-15H2,1H3. The third kappa shape index (κ3) is 3.13. The van der Waals surface area contributed by atoms with Gasteiger partial charge in [0, 0.05) is 24.7 Å². The zero-order valence-electron chi connectivity index (χ0n) is 14.8. The monoisotopic (exact) mass is 366 g/mol. The molecule has 0 N–H and O–H groups in total. The predicted octanol–water partition coefficient (Wildman–Crippen LogP) is 4.11. The van der Waals surface area contributed by atoms with Crippen LogP contribution in [0.1, 0.15) is 29.9 Å². The quantitative estimate of drug-likeness (QED) is 0.701. The molecule has 1 aromatic heterocycles. The first-order valence-corrected chi connectivity index (χ1v) is 10.4. The highest BCUT2D eigenvalue weighted by molar-refractivity contribution is 7.89. The van der Waals surface area contributed by atoms with Crippen LogP contribution in [-0.2, 0) is 10.0 Å². The van der Waals surface area contributed by atoms with E-state index in [0.29, 0.717) is 23.9 Å². The van der Waals surface area contributed by atoms with E-state index in [2.05, 4.69) is 29.2 Å². The van der Waals surface area contributed by atoms with Crippen molar-refractivity contribution in [3.63, 3.8) is 0 Å². The fourth-order valence-corrected chi connectivity index (χ4v) is 5.19. The number of hydrogen-bond acceptors (Lipinski definition) is 3. The van der Waals surface area contributed by atoms with Gasteiger partial charge in [-0.2, -0.15) is 4.31 Å². The van der Waals surface area contributed by atoms with Gasteiger partial charge in [0.25, 0.3) is 0 Å². The number of benzene rings is 2. The van der Waals surface area contributed by atoms with E-state index < -0.39 is 10.0 Å². The van der Waals surface area contributed by atoms with Gasteiger partial charge in [0.2, 0.25) is 10.0 Å². The van der Waals surface area contributed by atoms with Gasteiger partial charge >= 0.3 is 0 Å². The van der Waals surface area contributed by atoms with Gasteiger partial charge in [0.15, 0.2) is 0 Å². The van der Waals surface area contributed by atoms with Gasteiger partial charge in [0.05, 0.1) is 10.4 Å². The Morgan fingerprint density at radius 1 is 0.962 bits per heavy atom. The lowest BCUT2D eigenvalue weighted by Gasteiger charge is -2.31. The van der Waals surface area contributed by atoms with Gasteiger partial charge in [-0.25, -0.2) is 8.42 Å². The summed E-state index contributed by atoms with van der Waals surface area (Å²) in [7, 11) is -3.41. The zero-order chi connectivity index (χ0) is 18.1. The molecule has 0 bridgehead atoms. The SMILES string of the molecule is Cc1ccc(S(=O)(=O)N2CCC(c3cccc4cccnc34)CC2)cc1. The average molecular weight is 366 g/mol. The maximum atomic E-state index is 12.9. The minimum atomic E-state index is -3.41. The third-order valence-electron chi connectivity index (χ3n) is 5.22. The van der Waals surface area contributed by atoms with E-state index in [1.165, 1.54) is 5.56 Å². The van der Waals surface area contributed by atoms with Crippen LogP contribution in [0, 0.1) is 6.92 Å². The Balaban J connectivity index is 1.54. The lowest BCUT2D eigenvalue weighted by atomic mass is 9.89. The summed E-state index contributed by atoms with van der Waals surface area (Å²) in [5, 5.41) is 1.14. The predicted molar refractivity (Wildman–Crippen MR) is 104 cm³/mol. The first-order valence-electron chi connectivity index (χ1n) is 8.96. The molecule has 1 saturated heterocycles. The molecule has 2 aromatic carbocycles. The lowest BCUT2D eigenvalue weighted by Crippen LogP contribution is -2.37. The number of rotatable bonds is 3. The number of piperidine rings is 1. The minimum absolute atomic E-state index is 0.345. The van der Waals surface area contributed by atoms with E-state index in [1.54, 1.807) is 16.4 Å². The summed E-state index contributed by atoms with van der Waals surface area (Å²) in [6.45, 7) is 3.05. The van der Waals surface area contributed by atoms with Gasteiger partial charge in [0.1, 0.15) is 0 Å². The highest BCUT2D eigenvalue weighted by Crippen LogP contribution is 2.33. The van der Waals surface area contributed by atoms with Crippen LogP contribution < -0.4 is 0 Å². The van der Waals surface area contributed by atoms with Crippen molar-refractivity contribution in [2.24, 2.45) is 0 Å². The van der Waals surface area contributed by atoms with Crippen molar-refractivity contribution in [1.29, 1.82) is 0 Å². The molecule has 0 unspecified atom stereocenters. The Hall–Kier alpha value is -2.24. The van der Waals surface area contributed by atoms with Gasteiger partial charge in [-0.3, -0.25) is 4.98 Å². The van der Waals surface area contributed by atoms with E-state index in [1.807, 2.05) is 31.3 Å². The molecule has 134 valence electrons. The number of hydrogen-bond donors (Lipinski definition) is 0. The molecule has 0 atom stereocenters. The van der Waals surface area contributed by atoms with Gasteiger partial charge in [-0.15, -0.1) is 0 Å². The average Bonchev–Trinajstić information content (AvgIpc) is 2.68. The molecule has 2 heterocycles. The van der Waals surface area contributed by atoms with Crippen LogP contribution in [0.5, 0.6) is 0 Å². The minimum Gasteiger partial charge on any atom is -0.256 e. The third-order valence-corrected chi connectivity index (χ3v) is 7.13. The second-order valence-electron chi connectivity index (χ2n) is 6.91. The second kappa shape index (κ2) is 6.82. The summed E-state index contributed by atoms with van der Waals surface area (Å²) in [4.78, 5) is 4.93. The van der Waals surface area contributed by atoms with Crippen molar-refractivity contribution in [1.82, 2.24) is 9.29 Å². The van der Waals surface area contributed by atoms with E-state index in [0.717, 1.165) is 29.3 Å². The topological polar surface area (TPSA) is 50.3 Å². The Kier molecular flexibility index (Phi) is 4.51. The normalized spacial score (nSPS) is 16.8. The summed E-state index contributed by atoms with van der Waals surface area (Å²) in [6.07, 6.45) is 3.46. The molecular formula is C21H22N2O2S. The number of pyridine rings is 1. The Morgan fingerprint density at radius 2 is 1.65 bits per heavy atom. The summed E-state index contributed by atoms with van der Waals surface area (Å²) >= 11 is 0. The maximum Gasteiger partial charge on any atom is 0.243 e. The van der Waals surface area contributed by atoms with Gasteiger partial charge < -0.3 is 0 Å². The molecule has 1 aliphatic heterocycles. The maximum absolute atomic E-state index is 12.9. The number of sulfonamides is 1. The van der Waals surface area contributed by atoms with Crippen molar-refractivity contribution < 1.29 is 8.42 Å². The summed E-state index contributed by atoms with van der Waals surface area (Å²) in [5.74, 6) is 0.345. The molecule has 4 rings (SSSR count). The Labute approximate surface area is 154 Å². The van der Waals surface area contributed by atoms with E-state index in [9.17, 15) is 8.42 Å². The van der Waals surface area contributed by atoms with Crippen LogP contribution in [0.25, 0.3) is 10.9 Å². The van der Waals surface area contributed by atoms with Crippen LogP contribution in [0.15, 0.2) is 65.7 Å². The zero-order valence-corrected chi connectivity index (χ0v) is 15.6. The summed E-state index contributed by atoms with van der Waals surface area (Å²) < 4.78 is 27.4. The van der Waals surface area contributed by atoms with Crippen molar-refractivity contribution in [2.75, 3.05) is 13.1 Å². The molecule has 0 amide bonds. The lowest BCUT2D eigenvalue weighted by molar-refractivity contribution is 0.320. The van der Waals surface area contributed by atoms with E-state index in [4.69, 9.17) is 0 Å². The molecule has 26 heavy (non-hydrogen) atoms. The van der Waals surface area contributed by atoms with Crippen LogP contribution >= 0.6 is 0 Å². The number of para-hydroxylation sites is 1. The molecule has 0 spiro atoms. The molecule has 0 aliphatic carbocycles. The largest absolute Gasteiger partial charge is 0.256 e. The molecule has 3 aromatic rings. The smallest absolute Gasteiger partial charge is 0.243 e. The highest BCUT2D eigenvalue weighted by atomic mass is 32.2. The highest BCUT2D eigenvalue weighted by Gasteiger charge is 2.30. The number of fused-ring (bicyclic) bond motifs is 1. The van der Waals surface area contributed by atoms with E-state index >= 15 is 0 Å². The fraction of sp³-hybridized carbons (Fsp3) is 0.286. The summed E-state index contributed by atoms with van der Waals surface area (Å²) in [5.41, 5.74) is 3.33. The fourth-order valence-electron chi connectivity index (χ4n) is 3.72. The van der Waals surface area contributed by atoms with Crippen molar-refractivity contribution in [3.05, 3.63) is 71.9 Å². The molecule has 1 fully saturated rings. The second-order valence-corrected chi connectivity index (χ2v) is 8.85. The van der Waals surface area contributed by atoms with Crippen molar-refractivity contribution in [2.45, 2.75) is 30.6 Å². The van der Waals surface area contributed by atoms with Gasteiger partial charge in [-0.1, -0.05) is 42.0 Å². The summed E-state index contributed by atoms with van der Waals surface area (Å²) in [6, 6.07) is 17.4. The van der Waals surface area contributed by atoms with Gasteiger partial charge in [-0.05, 0) is 49.4 Å². The molecule has 0 saturated carbocycles. The first kappa shape index (κ1) is 17.2. The molecule has 1 aliphatic rings. The molecule has 0 radical (unpaired) electrons. The first-order chi connectivity index (χ1) is 12.6. The number of aryl methyl sites for hydroxylation is 1. The van der Waals surface area contributed by atoms with Crippen LogP contribution in [-0.4, -0.2) is 30.8 Å². The van der Waals surface area contributed by atoms with Crippen molar-refractivity contribution in [3.8, 4) is 0 Å². The van der Waals surface area contributed by atoms with Crippen LogP contribution in [0.4, 0.5) is 0 Å². The molecule has 4 nitrogen and oxygen atoms in total. The van der Waals surface area contributed by atoms with E-state index in [-0.39, 0.29) is 0 Å². The number of nitrogens with zero attached hydrogens (tertiary/aromatic N) is 2. The van der Waals surface area contributed by atoms with Crippen molar-refractivity contribution >= 4 is 20.9 Å².